The molecule has 3 unspecified atom stereocenters. The van der Waals surface area contributed by atoms with Crippen molar-refractivity contribution < 1.29 is 33.7 Å². The molecule has 2 aromatic rings. The van der Waals surface area contributed by atoms with E-state index in [0.717, 1.165) is 22.6 Å². The maximum Gasteiger partial charge on any atom is 0.313 e. The van der Waals surface area contributed by atoms with Gasteiger partial charge in [0.1, 0.15) is 11.5 Å². The minimum absolute atomic E-state index is 0.127. The maximum absolute atomic E-state index is 14.3. The molecule has 45 heavy (non-hydrogen) atoms. The van der Waals surface area contributed by atoms with Gasteiger partial charge in [-0.05, 0) is 118 Å². The number of Topliss-reactive ketones (excluding diaryl/α,β-unsaturated/α-hetero) is 1. The molecule has 0 radical (unpaired) electrons. The molecule has 0 spiro atoms. The number of carbonyl (C=O) groups excluding carboxylic acids is 2. The van der Waals surface area contributed by atoms with Crippen molar-refractivity contribution >= 4 is 23.0 Å². The summed E-state index contributed by atoms with van der Waals surface area (Å²) in [4.78, 5) is 34.4. The van der Waals surface area contributed by atoms with Crippen molar-refractivity contribution in [2.45, 2.75) is 51.9 Å². The summed E-state index contributed by atoms with van der Waals surface area (Å²) in [6, 6.07) is 9.20. The molecule has 2 N–H and O–H groups in total. The lowest BCUT2D eigenvalue weighted by Gasteiger charge is -2.24. The number of allylic oxidation sites excluding steroid dienone is 6. The Kier molecular flexibility index (Phi) is 11.3. The molecule has 0 aromatic heterocycles. The minimum Gasteiger partial charge on any atom is -0.504 e. The molecular weight excluding hydrogens is 575 g/mol. The number of aryl methyl sites for hydroxylation is 1. The number of rotatable bonds is 13. The second kappa shape index (κ2) is 15.2. The summed E-state index contributed by atoms with van der Waals surface area (Å²) in [5, 5.41) is 20.1. The van der Waals surface area contributed by atoms with Crippen LogP contribution in [0.25, 0.3) is 5.57 Å². The fraction of sp³-hybridized carbons (Fsp3) is 0.417. The quantitative estimate of drug-likeness (QED) is 0.196. The standard InChI is InChI=1S/C36H43FN2O6/c1-6-45-36(43)28(24-11-15-31(40)32(41)21-24)19-23(16-17-39(3)4)20-33(42)35-34(25-10-14-29(37)22(2)18-25)27-13-12-26(44-5)8-7-9-30(27)38-35/h7-11,14-15,18,21,23,27-28,40-41H,6,12-13,16-17,19-20H2,1-5H3/b9-7-,26-8+. The molecule has 0 bridgehead atoms. The molecule has 9 heteroatoms. The number of phenolic OH excluding ortho intramolecular Hbond substituents is 2. The van der Waals surface area contributed by atoms with E-state index in [-0.39, 0.29) is 48.0 Å². The Labute approximate surface area is 264 Å². The van der Waals surface area contributed by atoms with E-state index >= 15 is 0 Å². The zero-order chi connectivity index (χ0) is 32.7. The molecule has 0 saturated carbocycles. The van der Waals surface area contributed by atoms with Crippen LogP contribution in [0, 0.1) is 24.6 Å². The van der Waals surface area contributed by atoms with E-state index in [4.69, 9.17) is 14.5 Å². The highest BCUT2D eigenvalue weighted by molar-refractivity contribution is 6.17. The predicted octanol–water partition coefficient (Wildman–Crippen LogP) is 6.47. The van der Waals surface area contributed by atoms with Gasteiger partial charge in [0.05, 0.1) is 25.4 Å². The molecule has 2 aliphatic rings. The van der Waals surface area contributed by atoms with Gasteiger partial charge < -0.3 is 24.6 Å². The highest BCUT2D eigenvalue weighted by Crippen LogP contribution is 2.41. The van der Waals surface area contributed by atoms with Crippen LogP contribution in [0.5, 0.6) is 11.5 Å². The van der Waals surface area contributed by atoms with Crippen molar-refractivity contribution in [1.82, 2.24) is 4.90 Å². The van der Waals surface area contributed by atoms with E-state index in [1.54, 1.807) is 39.2 Å². The Morgan fingerprint density at radius 1 is 1.13 bits per heavy atom. The average Bonchev–Trinajstić information content (AvgIpc) is 3.34. The number of ketones is 1. The van der Waals surface area contributed by atoms with Gasteiger partial charge in [0, 0.05) is 24.5 Å². The Hall–Kier alpha value is -4.24. The van der Waals surface area contributed by atoms with Crippen LogP contribution in [0.3, 0.4) is 0 Å². The molecule has 1 heterocycles. The molecule has 1 aliphatic heterocycles. The number of phenols is 2. The predicted molar refractivity (Wildman–Crippen MR) is 172 cm³/mol. The Morgan fingerprint density at radius 3 is 2.58 bits per heavy atom. The molecule has 4 rings (SSSR count). The van der Waals surface area contributed by atoms with E-state index in [0.29, 0.717) is 49.1 Å². The summed E-state index contributed by atoms with van der Waals surface area (Å²) in [7, 11) is 5.54. The highest BCUT2D eigenvalue weighted by Gasteiger charge is 2.35. The van der Waals surface area contributed by atoms with E-state index in [1.165, 1.54) is 18.2 Å². The monoisotopic (exact) mass is 618 g/mol. The second-order valence-electron chi connectivity index (χ2n) is 11.9. The number of aliphatic imine (C=N–C) groups is 1. The molecule has 1 aliphatic carbocycles. The summed E-state index contributed by atoms with van der Waals surface area (Å²) in [6.07, 6.45) is 8.04. The van der Waals surface area contributed by atoms with Gasteiger partial charge in [-0.1, -0.05) is 18.2 Å². The first kappa shape index (κ1) is 33.6. The van der Waals surface area contributed by atoms with Crippen LogP contribution in [-0.4, -0.2) is 66.9 Å². The molecule has 0 fully saturated rings. The summed E-state index contributed by atoms with van der Waals surface area (Å²) in [5.74, 6) is -1.88. The van der Waals surface area contributed by atoms with E-state index in [9.17, 15) is 24.2 Å². The van der Waals surface area contributed by atoms with Gasteiger partial charge in [0.15, 0.2) is 17.3 Å². The number of ether oxygens (including phenoxy) is 2. The Balaban J connectivity index is 1.72. The molecule has 0 saturated heterocycles. The summed E-state index contributed by atoms with van der Waals surface area (Å²) in [5.41, 5.74) is 3.65. The molecule has 8 nitrogen and oxygen atoms in total. The van der Waals surface area contributed by atoms with Crippen LogP contribution in [0.2, 0.25) is 0 Å². The van der Waals surface area contributed by atoms with Crippen molar-refractivity contribution in [3.63, 3.8) is 0 Å². The van der Waals surface area contributed by atoms with Gasteiger partial charge in [-0.3, -0.25) is 9.59 Å². The first-order valence-electron chi connectivity index (χ1n) is 15.4. The average molecular weight is 619 g/mol. The van der Waals surface area contributed by atoms with Crippen LogP contribution < -0.4 is 0 Å². The number of nitrogens with zero attached hydrogens (tertiary/aromatic N) is 2. The smallest absolute Gasteiger partial charge is 0.313 e. The van der Waals surface area contributed by atoms with Crippen molar-refractivity contribution in [3.8, 4) is 11.5 Å². The second-order valence-corrected chi connectivity index (χ2v) is 11.9. The number of hydrogen-bond donors (Lipinski definition) is 2. The number of benzene rings is 2. The van der Waals surface area contributed by atoms with Gasteiger partial charge in [-0.2, -0.15) is 0 Å². The molecule has 3 atom stereocenters. The molecule has 2 aromatic carbocycles. The van der Waals surface area contributed by atoms with Crippen molar-refractivity contribution in [1.29, 1.82) is 0 Å². The van der Waals surface area contributed by atoms with Crippen LogP contribution in [0.1, 0.15) is 61.6 Å². The van der Waals surface area contributed by atoms with Gasteiger partial charge in [-0.25, -0.2) is 9.38 Å². The first-order chi connectivity index (χ1) is 21.5. The molecule has 0 amide bonds. The fourth-order valence-electron chi connectivity index (χ4n) is 5.99. The van der Waals surface area contributed by atoms with Crippen LogP contribution in [0.15, 0.2) is 71.1 Å². The number of carbonyl (C=O) groups is 2. The van der Waals surface area contributed by atoms with Crippen molar-refractivity contribution in [2.75, 3.05) is 34.4 Å². The third-order valence-electron chi connectivity index (χ3n) is 8.43. The van der Waals surface area contributed by atoms with Crippen molar-refractivity contribution in [3.05, 3.63) is 88.6 Å². The largest absolute Gasteiger partial charge is 0.504 e. The van der Waals surface area contributed by atoms with E-state index < -0.39 is 11.9 Å². The van der Waals surface area contributed by atoms with Gasteiger partial charge in [0.2, 0.25) is 0 Å². The fourth-order valence-corrected chi connectivity index (χ4v) is 5.99. The number of esters is 1. The lowest BCUT2D eigenvalue weighted by molar-refractivity contribution is -0.145. The summed E-state index contributed by atoms with van der Waals surface area (Å²) < 4.78 is 25.2. The highest BCUT2D eigenvalue weighted by atomic mass is 19.1. The van der Waals surface area contributed by atoms with Gasteiger partial charge in [-0.15, -0.1) is 0 Å². The summed E-state index contributed by atoms with van der Waals surface area (Å²) in [6.45, 7) is 4.29. The third-order valence-corrected chi connectivity index (χ3v) is 8.43. The minimum atomic E-state index is -0.754. The summed E-state index contributed by atoms with van der Waals surface area (Å²) >= 11 is 0. The molecule has 240 valence electrons. The van der Waals surface area contributed by atoms with Gasteiger partial charge >= 0.3 is 5.97 Å². The maximum atomic E-state index is 14.3. The van der Waals surface area contributed by atoms with E-state index in [1.807, 2.05) is 37.2 Å². The zero-order valence-electron chi connectivity index (χ0n) is 26.7. The third kappa shape index (κ3) is 8.28. The number of aromatic hydroxyl groups is 2. The van der Waals surface area contributed by atoms with Crippen LogP contribution >= 0.6 is 0 Å². The Morgan fingerprint density at radius 2 is 1.91 bits per heavy atom. The first-order valence-corrected chi connectivity index (χ1v) is 15.4. The molecular formula is C36H43FN2O6. The lowest BCUT2D eigenvalue weighted by atomic mass is 9.81. The topological polar surface area (TPSA) is 109 Å². The van der Waals surface area contributed by atoms with Crippen molar-refractivity contribution in [2.24, 2.45) is 16.8 Å². The Bertz CT molecular complexity index is 1540. The zero-order valence-corrected chi connectivity index (χ0v) is 26.7. The SMILES string of the molecule is CCOC(=O)C(CC(CCN(C)C)CC(=O)C1=C(c2ccc(F)c(C)c2)C2CC/C(OC)=C\C=C/C2=N1)c1ccc(O)c(O)c1. The normalized spacial score (nSPS) is 19.5. The van der Waals surface area contributed by atoms with Crippen LogP contribution in [-0.2, 0) is 19.1 Å². The lowest BCUT2D eigenvalue weighted by Crippen LogP contribution is -2.24. The number of halogens is 1. The number of hydrogen-bond acceptors (Lipinski definition) is 8. The van der Waals surface area contributed by atoms with E-state index in [2.05, 4.69) is 0 Å². The van der Waals surface area contributed by atoms with Crippen LogP contribution in [0.4, 0.5) is 4.39 Å². The number of methoxy groups -OCH3 is 1. The van der Waals surface area contributed by atoms with Gasteiger partial charge in [0.25, 0.3) is 0 Å². The number of fused-ring (bicyclic) bond motifs is 1.